The standard InChI is InChI=1S/C13H15N3O2/c1-3-9(2)15-13-10-6-4-5-7-11(10)14-8-12(13)16(17)18/h4-9H,3H2,1-2H3,(H,14,15). The van der Waals surface area contributed by atoms with Crippen LogP contribution in [-0.2, 0) is 0 Å². The fourth-order valence-corrected chi connectivity index (χ4v) is 1.77. The molecule has 0 saturated heterocycles. The molecule has 2 aromatic rings. The third-order valence-corrected chi connectivity index (χ3v) is 2.96. The summed E-state index contributed by atoms with van der Waals surface area (Å²) in [5.74, 6) is 0. The number of nitro groups is 1. The normalized spacial score (nSPS) is 12.3. The number of rotatable bonds is 4. The molecule has 0 aliphatic heterocycles. The van der Waals surface area contributed by atoms with Gasteiger partial charge < -0.3 is 5.32 Å². The van der Waals surface area contributed by atoms with Gasteiger partial charge in [-0.2, -0.15) is 0 Å². The number of hydrogen-bond donors (Lipinski definition) is 1. The minimum absolute atomic E-state index is 0.0222. The Balaban J connectivity index is 2.62. The van der Waals surface area contributed by atoms with E-state index in [2.05, 4.69) is 10.3 Å². The Morgan fingerprint density at radius 2 is 2.17 bits per heavy atom. The molecule has 1 aromatic carbocycles. The SMILES string of the molecule is CCC(C)Nc1c([N+](=O)[O-])cnc2ccccc12. The molecule has 0 bridgehead atoms. The summed E-state index contributed by atoms with van der Waals surface area (Å²) in [5.41, 5.74) is 1.34. The Kier molecular flexibility index (Phi) is 3.41. The summed E-state index contributed by atoms with van der Waals surface area (Å²) < 4.78 is 0. The lowest BCUT2D eigenvalue weighted by atomic mass is 10.1. The number of para-hydroxylation sites is 1. The first-order chi connectivity index (χ1) is 8.63. The van der Waals surface area contributed by atoms with Crippen molar-refractivity contribution in [3.05, 3.63) is 40.6 Å². The van der Waals surface area contributed by atoms with Gasteiger partial charge >= 0.3 is 5.69 Å². The minimum atomic E-state index is -0.399. The van der Waals surface area contributed by atoms with Gasteiger partial charge in [-0.3, -0.25) is 10.1 Å². The summed E-state index contributed by atoms with van der Waals surface area (Å²) in [4.78, 5) is 14.8. The number of benzene rings is 1. The van der Waals surface area contributed by atoms with Crippen molar-refractivity contribution >= 4 is 22.3 Å². The van der Waals surface area contributed by atoms with Crippen LogP contribution in [0.3, 0.4) is 0 Å². The fourth-order valence-electron chi connectivity index (χ4n) is 1.77. The first-order valence-corrected chi connectivity index (χ1v) is 5.92. The van der Waals surface area contributed by atoms with Crippen LogP contribution in [0.15, 0.2) is 30.5 Å². The van der Waals surface area contributed by atoms with Crippen LogP contribution in [0.5, 0.6) is 0 Å². The van der Waals surface area contributed by atoms with E-state index in [9.17, 15) is 10.1 Å². The number of nitrogens with zero attached hydrogens (tertiary/aromatic N) is 2. The Bertz CT molecular complexity index is 583. The van der Waals surface area contributed by atoms with Crippen molar-refractivity contribution in [1.29, 1.82) is 0 Å². The van der Waals surface area contributed by atoms with Crippen molar-refractivity contribution in [2.24, 2.45) is 0 Å². The van der Waals surface area contributed by atoms with Crippen molar-refractivity contribution in [3.8, 4) is 0 Å². The number of aromatic nitrogens is 1. The molecule has 94 valence electrons. The average Bonchev–Trinajstić information content (AvgIpc) is 2.38. The van der Waals surface area contributed by atoms with E-state index in [0.717, 1.165) is 17.3 Å². The molecule has 0 radical (unpaired) electrons. The Labute approximate surface area is 105 Å². The van der Waals surface area contributed by atoms with E-state index in [1.54, 1.807) is 0 Å². The first kappa shape index (κ1) is 12.3. The van der Waals surface area contributed by atoms with Crippen LogP contribution in [0.25, 0.3) is 10.9 Å². The maximum atomic E-state index is 11.1. The Morgan fingerprint density at radius 1 is 1.44 bits per heavy atom. The molecule has 0 aliphatic rings. The first-order valence-electron chi connectivity index (χ1n) is 5.92. The molecule has 0 saturated carbocycles. The van der Waals surface area contributed by atoms with Crippen molar-refractivity contribution in [2.45, 2.75) is 26.3 Å². The zero-order valence-corrected chi connectivity index (χ0v) is 10.4. The van der Waals surface area contributed by atoms with Crippen LogP contribution >= 0.6 is 0 Å². The fraction of sp³-hybridized carbons (Fsp3) is 0.308. The summed E-state index contributed by atoms with van der Waals surface area (Å²) in [6.45, 7) is 4.03. The lowest BCUT2D eigenvalue weighted by Gasteiger charge is -2.14. The molecular formula is C13H15N3O2. The third-order valence-electron chi connectivity index (χ3n) is 2.96. The van der Waals surface area contributed by atoms with Crippen molar-refractivity contribution in [3.63, 3.8) is 0 Å². The van der Waals surface area contributed by atoms with E-state index in [0.29, 0.717) is 5.69 Å². The largest absolute Gasteiger partial charge is 0.376 e. The molecule has 0 aliphatic carbocycles. The van der Waals surface area contributed by atoms with E-state index in [4.69, 9.17) is 0 Å². The van der Waals surface area contributed by atoms with E-state index in [1.165, 1.54) is 6.20 Å². The second-order valence-electron chi connectivity index (χ2n) is 4.25. The van der Waals surface area contributed by atoms with Crippen molar-refractivity contribution in [1.82, 2.24) is 4.98 Å². The second kappa shape index (κ2) is 5.00. The van der Waals surface area contributed by atoms with Gasteiger partial charge in [0.25, 0.3) is 0 Å². The monoisotopic (exact) mass is 245 g/mol. The summed E-state index contributed by atoms with van der Waals surface area (Å²) in [6, 6.07) is 7.60. The molecule has 1 N–H and O–H groups in total. The number of anilines is 1. The maximum absolute atomic E-state index is 11.1. The summed E-state index contributed by atoms with van der Waals surface area (Å²) in [7, 11) is 0. The highest BCUT2D eigenvalue weighted by Crippen LogP contribution is 2.31. The zero-order valence-electron chi connectivity index (χ0n) is 10.4. The van der Waals surface area contributed by atoms with Gasteiger partial charge in [-0.1, -0.05) is 25.1 Å². The molecule has 18 heavy (non-hydrogen) atoms. The van der Waals surface area contributed by atoms with Gasteiger partial charge in [0, 0.05) is 11.4 Å². The van der Waals surface area contributed by atoms with Crippen LogP contribution in [0.4, 0.5) is 11.4 Å². The highest BCUT2D eigenvalue weighted by atomic mass is 16.6. The summed E-state index contributed by atoms with van der Waals surface area (Å²) in [5, 5.41) is 15.0. The predicted molar refractivity (Wildman–Crippen MR) is 71.8 cm³/mol. The number of nitrogens with one attached hydrogen (secondary N) is 1. The van der Waals surface area contributed by atoms with E-state index in [1.807, 2.05) is 38.1 Å². The highest BCUT2D eigenvalue weighted by molar-refractivity contribution is 5.95. The molecule has 1 atom stereocenters. The van der Waals surface area contributed by atoms with Crippen molar-refractivity contribution in [2.75, 3.05) is 5.32 Å². The molecule has 2 rings (SSSR count). The van der Waals surface area contributed by atoms with Crippen LogP contribution in [0.1, 0.15) is 20.3 Å². The number of hydrogen-bond acceptors (Lipinski definition) is 4. The molecule has 0 fully saturated rings. The van der Waals surface area contributed by atoms with Gasteiger partial charge in [0.15, 0.2) is 0 Å². The van der Waals surface area contributed by atoms with E-state index >= 15 is 0 Å². The molecule has 0 spiro atoms. The lowest BCUT2D eigenvalue weighted by Crippen LogP contribution is -2.15. The van der Waals surface area contributed by atoms with Crippen LogP contribution in [0.2, 0.25) is 0 Å². The topological polar surface area (TPSA) is 68.1 Å². The Morgan fingerprint density at radius 3 is 2.83 bits per heavy atom. The number of pyridine rings is 1. The van der Waals surface area contributed by atoms with E-state index in [-0.39, 0.29) is 11.7 Å². The quantitative estimate of drug-likeness (QED) is 0.662. The third kappa shape index (κ3) is 2.25. The average molecular weight is 245 g/mol. The molecule has 5 nitrogen and oxygen atoms in total. The van der Waals surface area contributed by atoms with Gasteiger partial charge in [-0.15, -0.1) is 0 Å². The van der Waals surface area contributed by atoms with Crippen LogP contribution in [-0.4, -0.2) is 15.9 Å². The maximum Gasteiger partial charge on any atom is 0.311 e. The van der Waals surface area contributed by atoms with Gasteiger partial charge in [-0.05, 0) is 19.4 Å². The van der Waals surface area contributed by atoms with Crippen LogP contribution < -0.4 is 5.32 Å². The molecule has 1 unspecified atom stereocenters. The van der Waals surface area contributed by atoms with Gasteiger partial charge in [0.05, 0.1) is 10.4 Å². The van der Waals surface area contributed by atoms with Crippen molar-refractivity contribution < 1.29 is 4.92 Å². The molecule has 5 heteroatoms. The van der Waals surface area contributed by atoms with Gasteiger partial charge in [0.2, 0.25) is 0 Å². The van der Waals surface area contributed by atoms with Crippen LogP contribution in [0, 0.1) is 10.1 Å². The highest BCUT2D eigenvalue weighted by Gasteiger charge is 2.18. The molecule has 1 heterocycles. The van der Waals surface area contributed by atoms with Gasteiger partial charge in [0.1, 0.15) is 11.9 Å². The summed E-state index contributed by atoms with van der Waals surface area (Å²) in [6.07, 6.45) is 2.21. The number of fused-ring (bicyclic) bond motifs is 1. The second-order valence-corrected chi connectivity index (χ2v) is 4.25. The molecular weight excluding hydrogens is 230 g/mol. The van der Waals surface area contributed by atoms with E-state index < -0.39 is 4.92 Å². The van der Waals surface area contributed by atoms with Gasteiger partial charge in [-0.25, -0.2) is 4.98 Å². The smallest absolute Gasteiger partial charge is 0.311 e. The predicted octanol–water partition coefficient (Wildman–Crippen LogP) is 3.35. The Hall–Kier alpha value is -2.17. The zero-order chi connectivity index (χ0) is 13.1. The lowest BCUT2D eigenvalue weighted by molar-refractivity contribution is -0.384. The minimum Gasteiger partial charge on any atom is -0.376 e. The molecule has 1 aromatic heterocycles. The summed E-state index contributed by atoms with van der Waals surface area (Å²) >= 11 is 0. The molecule has 0 amide bonds.